The summed E-state index contributed by atoms with van der Waals surface area (Å²) in [5.74, 6) is 0.163. The molecule has 3 rings (SSSR count). The Hall–Kier alpha value is -1.85. The van der Waals surface area contributed by atoms with Crippen LogP contribution in [-0.2, 0) is 4.79 Å². The molecular formula is C17H26N4O2. The molecule has 0 aliphatic carbocycles. The zero-order valence-electron chi connectivity index (χ0n) is 14.0. The van der Waals surface area contributed by atoms with Crippen LogP contribution in [0.3, 0.4) is 0 Å². The number of carbonyl (C=O) groups is 2. The van der Waals surface area contributed by atoms with E-state index in [-0.39, 0.29) is 17.2 Å². The van der Waals surface area contributed by atoms with Gasteiger partial charge in [-0.2, -0.15) is 5.10 Å². The summed E-state index contributed by atoms with van der Waals surface area (Å²) in [5.41, 5.74) is 0.608. The van der Waals surface area contributed by atoms with Crippen molar-refractivity contribution in [3.63, 3.8) is 0 Å². The van der Waals surface area contributed by atoms with Gasteiger partial charge in [-0.1, -0.05) is 13.8 Å². The Bertz CT molecular complexity index is 583. The van der Waals surface area contributed by atoms with Crippen molar-refractivity contribution < 1.29 is 9.59 Å². The predicted octanol–water partition coefficient (Wildman–Crippen LogP) is 1.99. The van der Waals surface area contributed by atoms with Crippen molar-refractivity contribution in [1.82, 2.24) is 20.0 Å². The normalized spacial score (nSPS) is 20.3. The van der Waals surface area contributed by atoms with Crippen molar-refractivity contribution in [3.8, 4) is 0 Å². The topological polar surface area (TPSA) is 67.2 Å². The second-order valence-electron chi connectivity index (χ2n) is 6.90. The Labute approximate surface area is 137 Å². The number of carbonyl (C=O) groups excluding carboxylic acids is 2. The van der Waals surface area contributed by atoms with Gasteiger partial charge in [0.05, 0.1) is 6.04 Å². The maximum Gasteiger partial charge on any atom is 0.274 e. The maximum absolute atomic E-state index is 12.6. The average molecular weight is 318 g/mol. The van der Waals surface area contributed by atoms with Crippen LogP contribution in [0.1, 0.15) is 62.5 Å². The smallest absolute Gasteiger partial charge is 0.274 e. The highest BCUT2D eigenvalue weighted by Crippen LogP contribution is 2.37. The summed E-state index contributed by atoms with van der Waals surface area (Å²) in [5, 5.41) is 7.41. The standard InChI is InChI=1S/C17H26N4O2/c1-3-13(4-2)21-8-5-14(19-21)16(23)20-9-6-17(7-10-20)11-15(22)18-12-17/h5,8,13H,3-4,6-7,9-12H2,1-2H3,(H,18,22). The molecule has 3 heterocycles. The van der Waals surface area contributed by atoms with Gasteiger partial charge in [0, 0.05) is 32.3 Å². The van der Waals surface area contributed by atoms with E-state index >= 15 is 0 Å². The Morgan fingerprint density at radius 1 is 1.35 bits per heavy atom. The maximum atomic E-state index is 12.6. The quantitative estimate of drug-likeness (QED) is 0.923. The van der Waals surface area contributed by atoms with Crippen molar-refractivity contribution in [3.05, 3.63) is 18.0 Å². The molecule has 1 aromatic heterocycles. The summed E-state index contributed by atoms with van der Waals surface area (Å²) >= 11 is 0. The minimum Gasteiger partial charge on any atom is -0.356 e. The average Bonchev–Trinajstić information content (AvgIpc) is 3.17. The number of rotatable bonds is 4. The first-order valence-electron chi connectivity index (χ1n) is 8.68. The van der Waals surface area contributed by atoms with Crippen molar-refractivity contribution in [2.45, 2.75) is 52.0 Å². The summed E-state index contributed by atoms with van der Waals surface area (Å²) < 4.78 is 1.91. The van der Waals surface area contributed by atoms with Gasteiger partial charge in [-0.25, -0.2) is 0 Å². The molecule has 1 N–H and O–H groups in total. The summed E-state index contributed by atoms with van der Waals surface area (Å²) in [6.45, 7) is 6.46. The van der Waals surface area contributed by atoms with Crippen LogP contribution in [0.5, 0.6) is 0 Å². The first-order valence-corrected chi connectivity index (χ1v) is 8.68. The van der Waals surface area contributed by atoms with E-state index in [1.165, 1.54) is 0 Å². The first-order chi connectivity index (χ1) is 11.1. The van der Waals surface area contributed by atoms with E-state index in [1.807, 2.05) is 21.8 Å². The summed E-state index contributed by atoms with van der Waals surface area (Å²) in [6, 6.07) is 2.18. The minimum absolute atomic E-state index is 0.0156. The van der Waals surface area contributed by atoms with E-state index in [0.717, 1.165) is 32.2 Å². The van der Waals surface area contributed by atoms with Crippen molar-refractivity contribution in [2.24, 2.45) is 5.41 Å². The first kappa shape index (κ1) is 16.0. The Morgan fingerprint density at radius 2 is 2.04 bits per heavy atom. The van der Waals surface area contributed by atoms with Gasteiger partial charge in [0.1, 0.15) is 5.69 Å². The molecule has 1 spiro atoms. The zero-order valence-corrected chi connectivity index (χ0v) is 14.0. The molecule has 6 heteroatoms. The highest BCUT2D eigenvalue weighted by atomic mass is 16.2. The highest BCUT2D eigenvalue weighted by molar-refractivity contribution is 5.92. The van der Waals surface area contributed by atoms with Crippen molar-refractivity contribution in [1.29, 1.82) is 0 Å². The number of likely N-dealkylation sites (tertiary alicyclic amines) is 1. The van der Waals surface area contributed by atoms with Crippen LogP contribution < -0.4 is 5.32 Å². The van der Waals surface area contributed by atoms with Gasteiger partial charge in [-0.15, -0.1) is 0 Å². The molecule has 0 radical (unpaired) electrons. The van der Waals surface area contributed by atoms with E-state index in [2.05, 4.69) is 24.3 Å². The lowest BCUT2D eigenvalue weighted by molar-refractivity contribution is -0.119. The molecule has 6 nitrogen and oxygen atoms in total. The van der Waals surface area contributed by atoms with E-state index in [0.29, 0.717) is 31.2 Å². The highest BCUT2D eigenvalue weighted by Gasteiger charge is 2.41. The lowest BCUT2D eigenvalue weighted by atomic mass is 9.77. The second-order valence-corrected chi connectivity index (χ2v) is 6.90. The Balaban J connectivity index is 1.62. The lowest BCUT2D eigenvalue weighted by Gasteiger charge is -2.37. The third-order valence-electron chi connectivity index (χ3n) is 5.45. The summed E-state index contributed by atoms with van der Waals surface area (Å²) in [7, 11) is 0. The van der Waals surface area contributed by atoms with E-state index in [4.69, 9.17) is 0 Å². The third-order valence-corrected chi connectivity index (χ3v) is 5.45. The molecular weight excluding hydrogens is 292 g/mol. The van der Waals surface area contributed by atoms with Gasteiger partial charge in [0.2, 0.25) is 5.91 Å². The fraction of sp³-hybridized carbons (Fsp3) is 0.706. The molecule has 23 heavy (non-hydrogen) atoms. The van der Waals surface area contributed by atoms with Crippen LogP contribution in [0.15, 0.2) is 12.3 Å². The van der Waals surface area contributed by atoms with E-state index < -0.39 is 0 Å². The van der Waals surface area contributed by atoms with Gasteiger partial charge in [0.15, 0.2) is 0 Å². The number of amides is 2. The number of nitrogens with one attached hydrogen (secondary N) is 1. The molecule has 0 unspecified atom stereocenters. The summed E-state index contributed by atoms with van der Waals surface area (Å²) in [6.07, 6.45) is 6.34. The predicted molar refractivity (Wildman–Crippen MR) is 87.0 cm³/mol. The zero-order chi connectivity index (χ0) is 16.4. The molecule has 0 atom stereocenters. The van der Waals surface area contributed by atoms with E-state index in [9.17, 15) is 9.59 Å². The molecule has 2 fully saturated rings. The second kappa shape index (κ2) is 6.34. The van der Waals surface area contributed by atoms with Gasteiger partial charge in [0.25, 0.3) is 5.91 Å². The molecule has 126 valence electrons. The molecule has 0 saturated carbocycles. The monoisotopic (exact) mass is 318 g/mol. The van der Waals surface area contributed by atoms with Crippen LogP contribution in [0.2, 0.25) is 0 Å². The fourth-order valence-corrected chi connectivity index (χ4v) is 3.77. The Morgan fingerprint density at radius 3 is 2.61 bits per heavy atom. The van der Waals surface area contributed by atoms with Crippen LogP contribution in [0.25, 0.3) is 0 Å². The number of nitrogens with zero attached hydrogens (tertiary/aromatic N) is 3. The largest absolute Gasteiger partial charge is 0.356 e. The van der Waals surface area contributed by atoms with E-state index in [1.54, 1.807) is 0 Å². The van der Waals surface area contributed by atoms with Crippen LogP contribution in [0, 0.1) is 5.41 Å². The molecule has 2 aliphatic rings. The Kier molecular flexibility index (Phi) is 4.41. The van der Waals surface area contributed by atoms with Crippen LogP contribution >= 0.6 is 0 Å². The van der Waals surface area contributed by atoms with Crippen molar-refractivity contribution in [2.75, 3.05) is 19.6 Å². The van der Waals surface area contributed by atoms with Gasteiger partial charge < -0.3 is 10.2 Å². The number of hydrogen-bond acceptors (Lipinski definition) is 3. The molecule has 0 bridgehead atoms. The number of hydrogen-bond donors (Lipinski definition) is 1. The molecule has 0 aromatic carbocycles. The summed E-state index contributed by atoms with van der Waals surface area (Å²) in [4.78, 5) is 26.0. The van der Waals surface area contributed by atoms with Crippen LogP contribution in [0.4, 0.5) is 0 Å². The molecule has 2 saturated heterocycles. The third kappa shape index (κ3) is 3.12. The molecule has 1 aromatic rings. The van der Waals surface area contributed by atoms with Gasteiger partial charge >= 0.3 is 0 Å². The van der Waals surface area contributed by atoms with Gasteiger partial charge in [-0.05, 0) is 37.2 Å². The lowest BCUT2D eigenvalue weighted by Crippen LogP contribution is -2.44. The molecule has 2 amide bonds. The molecule has 2 aliphatic heterocycles. The minimum atomic E-state index is 0.0156. The van der Waals surface area contributed by atoms with Crippen molar-refractivity contribution >= 4 is 11.8 Å². The fourth-order valence-electron chi connectivity index (χ4n) is 3.77. The van der Waals surface area contributed by atoms with Gasteiger partial charge in [-0.3, -0.25) is 14.3 Å². The van der Waals surface area contributed by atoms with Crippen LogP contribution in [-0.4, -0.2) is 46.1 Å². The number of aromatic nitrogens is 2. The SMILES string of the molecule is CCC(CC)n1ccc(C(=O)N2CCC3(CC2)CNC(=O)C3)n1. The number of piperidine rings is 1.